The zero-order valence-corrected chi connectivity index (χ0v) is 6.34. The van der Waals surface area contributed by atoms with Gasteiger partial charge in [0, 0.05) is 17.3 Å². The molecule has 4 N–H and O–H groups in total. The molecule has 0 amide bonds. The molecule has 11 heavy (non-hydrogen) atoms. The molecular weight excluding hydrogens is 143 g/mol. The van der Waals surface area contributed by atoms with Gasteiger partial charge in [0.1, 0.15) is 5.82 Å². The molecule has 0 heterocycles. The molecule has 0 bridgehead atoms. The summed E-state index contributed by atoms with van der Waals surface area (Å²) in [6.07, 6.45) is 0. The van der Waals surface area contributed by atoms with E-state index in [1.165, 1.54) is 6.07 Å². The first-order valence-corrected chi connectivity index (χ1v) is 3.42. The number of nitrogen functional groups attached to an aromatic ring is 1. The second kappa shape index (κ2) is 2.88. The average Bonchev–Trinajstić information content (AvgIpc) is 1.85. The lowest BCUT2D eigenvalue weighted by Gasteiger charge is -2.06. The maximum Gasteiger partial charge on any atom is 0.130 e. The third kappa shape index (κ3) is 1.68. The van der Waals surface area contributed by atoms with Gasteiger partial charge in [-0.05, 0) is 19.1 Å². The van der Waals surface area contributed by atoms with Crippen molar-refractivity contribution in [2.45, 2.75) is 13.0 Å². The molecule has 0 aliphatic carbocycles. The lowest BCUT2D eigenvalue weighted by molar-refractivity contribution is 0.594. The van der Waals surface area contributed by atoms with Gasteiger partial charge in [0.05, 0.1) is 0 Å². The van der Waals surface area contributed by atoms with E-state index in [1.54, 1.807) is 19.1 Å². The van der Waals surface area contributed by atoms with Crippen molar-refractivity contribution >= 4 is 5.69 Å². The molecule has 0 aromatic heterocycles. The van der Waals surface area contributed by atoms with Crippen LogP contribution in [0.2, 0.25) is 0 Å². The van der Waals surface area contributed by atoms with Crippen molar-refractivity contribution in [3.05, 3.63) is 29.6 Å². The van der Waals surface area contributed by atoms with Crippen LogP contribution in [0.15, 0.2) is 18.2 Å². The minimum absolute atomic E-state index is 0.282. The van der Waals surface area contributed by atoms with Crippen LogP contribution in [-0.2, 0) is 0 Å². The van der Waals surface area contributed by atoms with Crippen LogP contribution in [0.25, 0.3) is 0 Å². The van der Waals surface area contributed by atoms with Gasteiger partial charge in [0.2, 0.25) is 0 Å². The summed E-state index contributed by atoms with van der Waals surface area (Å²) in [6.45, 7) is 1.73. The molecule has 1 aromatic carbocycles. The van der Waals surface area contributed by atoms with E-state index in [-0.39, 0.29) is 11.9 Å². The summed E-state index contributed by atoms with van der Waals surface area (Å²) >= 11 is 0. The Morgan fingerprint density at radius 3 is 2.55 bits per heavy atom. The van der Waals surface area contributed by atoms with Crippen LogP contribution in [-0.4, -0.2) is 0 Å². The summed E-state index contributed by atoms with van der Waals surface area (Å²) in [5.41, 5.74) is 11.8. The Kier molecular flexibility index (Phi) is 2.10. The Bertz CT molecular complexity index is 258. The predicted molar refractivity (Wildman–Crippen MR) is 43.4 cm³/mol. The second-order valence-corrected chi connectivity index (χ2v) is 2.57. The third-order valence-corrected chi connectivity index (χ3v) is 1.52. The first kappa shape index (κ1) is 8.01. The number of rotatable bonds is 1. The SMILES string of the molecule is C[C@@H](N)c1ccc(N)cc1F. The number of nitrogens with two attached hydrogens (primary N) is 2. The molecule has 1 aromatic rings. The molecule has 0 saturated carbocycles. The fraction of sp³-hybridized carbons (Fsp3) is 0.250. The van der Waals surface area contributed by atoms with E-state index in [2.05, 4.69) is 0 Å². The molecule has 1 atom stereocenters. The Hall–Kier alpha value is -1.09. The van der Waals surface area contributed by atoms with Gasteiger partial charge in [-0.15, -0.1) is 0 Å². The molecular formula is C8H11FN2. The minimum atomic E-state index is -0.333. The van der Waals surface area contributed by atoms with Gasteiger partial charge in [-0.2, -0.15) is 0 Å². The highest BCUT2D eigenvalue weighted by molar-refractivity contribution is 5.41. The van der Waals surface area contributed by atoms with E-state index < -0.39 is 0 Å². The number of halogens is 1. The van der Waals surface area contributed by atoms with Crippen LogP contribution < -0.4 is 11.5 Å². The van der Waals surface area contributed by atoms with Crippen molar-refractivity contribution in [3.8, 4) is 0 Å². The number of benzene rings is 1. The topological polar surface area (TPSA) is 52.0 Å². The standard InChI is InChI=1S/C8H11FN2/c1-5(10)7-3-2-6(11)4-8(7)9/h2-5H,10-11H2,1H3/t5-/m1/s1. The van der Waals surface area contributed by atoms with E-state index in [4.69, 9.17) is 11.5 Å². The molecule has 0 aliphatic rings. The van der Waals surface area contributed by atoms with Crippen molar-refractivity contribution in [3.63, 3.8) is 0 Å². The van der Waals surface area contributed by atoms with Crippen molar-refractivity contribution < 1.29 is 4.39 Å². The Balaban J connectivity index is 3.09. The maximum atomic E-state index is 12.9. The maximum absolute atomic E-state index is 12.9. The summed E-state index contributed by atoms with van der Waals surface area (Å²) in [4.78, 5) is 0. The minimum Gasteiger partial charge on any atom is -0.399 e. The molecule has 0 spiro atoms. The molecule has 0 radical (unpaired) electrons. The third-order valence-electron chi connectivity index (χ3n) is 1.52. The number of anilines is 1. The van der Waals surface area contributed by atoms with Gasteiger partial charge >= 0.3 is 0 Å². The number of hydrogen-bond acceptors (Lipinski definition) is 2. The predicted octanol–water partition coefficient (Wildman–Crippen LogP) is 1.43. The summed E-state index contributed by atoms with van der Waals surface area (Å²) < 4.78 is 12.9. The number of hydrogen-bond donors (Lipinski definition) is 2. The van der Waals surface area contributed by atoms with Gasteiger partial charge in [-0.25, -0.2) is 4.39 Å². The normalized spacial score (nSPS) is 13.0. The Labute approximate surface area is 65.0 Å². The van der Waals surface area contributed by atoms with Crippen LogP contribution in [0.3, 0.4) is 0 Å². The van der Waals surface area contributed by atoms with Gasteiger partial charge in [0.25, 0.3) is 0 Å². The Morgan fingerprint density at radius 1 is 1.45 bits per heavy atom. The van der Waals surface area contributed by atoms with E-state index in [1.807, 2.05) is 0 Å². The van der Waals surface area contributed by atoms with Crippen molar-refractivity contribution in [1.82, 2.24) is 0 Å². The smallest absolute Gasteiger partial charge is 0.130 e. The first-order valence-electron chi connectivity index (χ1n) is 3.42. The summed E-state index contributed by atoms with van der Waals surface area (Å²) in [5, 5.41) is 0. The zero-order valence-electron chi connectivity index (χ0n) is 6.34. The van der Waals surface area contributed by atoms with Crippen LogP contribution in [0.1, 0.15) is 18.5 Å². The highest BCUT2D eigenvalue weighted by atomic mass is 19.1. The highest BCUT2D eigenvalue weighted by Crippen LogP contribution is 2.16. The van der Waals surface area contributed by atoms with Crippen LogP contribution >= 0.6 is 0 Å². The van der Waals surface area contributed by atoms with E-state index in [0.29, 0.717) is 11.3 Å². The summed E-state index contributed by atoms with van der Waals surface area (Å²) in [6, 6.07) is 4.24. The molecule has 60 valence electrons. The molecule has 3 heteroatoms. The van der Waals surface area contributed by atoms with Gasteiger partial charge in [-0.3, -0.25) is 0 Å². The van der Waals surface area contributed by atoms with Gasteiger partial charge in [0.15, 0.2) is 0 Å². The molecule has 1 rings (SSSR count). The monoisotopic (exact) mass is 154 g/mol. The lowest BCUT2D eigenvalue weighted by atomic mass is 10.1. The summed E-state index contributed by atoms with van der Waals surface area (Å²) in [5.74, 6) is -0.333. The van der Waals surface area contributed by atoms with Crippen molar-refractivity contribution in [2.75, 3.05) is 5.73 Å². The quantitative estimate of drug-likeness (QED) is 0.601. The fourth-order valence-corrected chi connectivity index (χ4v) is 0.913. The molecule has 0 unspecified atom stereocenters. The second-order valence-electron chi connectivity index (χ2n) is 2.57. The highest BCUT2D eigenvalue weighted by Gasteiger charge is 2.05. The van der Waals surface area contributed by atoms with E-state index >= 15 is 0 Å². The zero-order chi connectivity index (χ0) is 8.43. The summed E-state index contributed by atoms with van der Waals surface area (Å²) in [7, 11) is 0. The van der Waals surface area contributed by atoms with Crippen molar-refractivity contribution in [2.24, 2.45) is 5.73 Å². The lowest BCUT2D eigenvalue weighted by Crippen LogP contribution is -2.07. The van der Waals surface area contributed by atoms with Crippen LogP contribution in [0.5, 0.6) is 0 Å². The largest absolute Gasteiger partial charge is 0.399 e. The molecule has 0 saturated heterocycles. The van der Waals surface area contributed by atoms with Crippen LogP contribution in [0, 0.1) is 5.82 Å². The molecule has 0 aliphatic heterocycles. The van der Waals surface area contributed by atoms with Gasteiger partial charge < -0.3 is 11.5 Å². The average molecular weight is 154 g/mol. The Morgan fingerprint density at radius 2 is 2.09 bits per heavy atom. The fourth-order valence-electron chi connectivity index (χ4n) is 0.913. The van der Waals surface area contributed by atoms with E-state index in [0.717, 1.165) is 0 Å². The van der Waals surface area contributed by atoms with Gasteiger partial charge in [-0.1, -0.05) is 6.07 Å². The molecule has 2 nitrogen and oxygen atoms in total. The van der Waals surface area contributed by atoms with E-state index in [9.17, 15) is 4.39 Å². The first-order chi connectivity index (χ1) is 5.11. The van der Waals surface area contributed by atoms with Crippen molar-refractivity contribution in [1.29, 1.82) is 0 Å². The van der Waals surface area contributed by atoms with Crippen LogP contribution in [0.4, 0.5) is 10.1 Å². The molecule has 0 fully saturated rings.